The molecule has 0 saturated heterocycles. The van der Waals surface area contributed by atoms with E-state index in [0.29, 0.717) is 0 Å². The van der Waals surface area contributed by atoms with Crippen LogP contribution in [0.2, 0.25) is 0 Å². The van der Waals surface area contributed by atoms with Crippen LogP contribution in [0.5, 0.6) is 0 Å². The monoisotopic (exact) mass is 833 g/mol. The number of hydrogen-bond donors (Lipinski definition) is 0. The van der Waals surface area contributed by atoms with Gasteiger partial charge in [-0.1, -0.05) is 194 Å². The summed E-state index contributed by atoms with van der Waals surface area (Å²) in [7, 11) is 0. The van der Waals surface area contributed by atoms with E-state index in [9.17, 15) is 0 Å². The Morgan fingerprint density at radius 2 is 0.984 bits per heavy atom. The Bertz CT molecular complexity index is 3680. The van der Waals surface area contributed by atoms with Crippen LogP contribution in [0.4, 0.5) is 17.1 Å². The molecule has 13 rings (SSSR count). The summed E-state index contributed by atoms with van der Waals surface area (Å²) in [6, 6.07) is 86.4. The quantitative estimate of drug-likeness (QED) is 0.159. The molecular weight excluding hydrogens is 795 g/mol. The van der Waals surface area contributed by atoms with Gasteiger partial charge in [0.2, 0.25) is 0 Å². The van der Waals surface area contributed by atoms with Crippen molar-refractivity contribution in [3.05, 3.63) is 259 Å². The Kier molecular flexibility index (Phi) is 8.34. The van der Waals surface area contributed by atoms with Gasteiger partial charge in [0, 0.05) is 43.1 Å². The van der Waals surface area contributed by atoms with Crippen LogP contribution in [0.25, 0.3) is 75.5 Å². The van der Waals surface area contributed by atoms with E-state index in [-0.39, 0.29) is 0 Å². The zero-order valence-corrected chi connectivity index (χ0v) is 35.6. The molecule has 2 nitrogen and oxygen atoms in total. The molecule has 0 spiro atoms. The van der Waals surface area contributed by atoms with Crippen molar-refractivity contribution in [2.24, 2.45) is 0 Å². The van der Waals surface area contributed by atoms with E-state index in [2.05, 4.69) is 241 Å². The highest BCUT2D eigenvalue weighted by atomic mass is 32.1. The highest BCUT2D eigenvalue weighted by Crippen LogP contribution is 2.60. The van der Waals surface area contributed by atoms with Crippen molar-refractivity contribution in [1.82, 2.24) is 0 Å². The first kappa shape index (κ1) is 36.7. The summed E-state index contributed by atoms with van der Waals surface area (Å²) in [6.45, 7) is 0. The van der Waals surface area contributed by atoms with Gasteiger partial charge in [-0.3, -0.25) is 0 Å². The maximum absolute atomic E-state index is 6.56. The molecule has 12 aromatic rings. The fourth-order valence-corrected chi connectivity index (χ4v) is 11.8. The molecule has 64 heavy (non-hydrogen) atoms. The molecule has 0 aliphatic heterocycles. The standard InChI is InChI=1S/C61H39NOS/c1-4-17-41(18-5-1)46-25-14-26-48-51-39-42(35-38-56(51)63-59(46)48)40-33-36-45(37-34-40)62(55-31-15-27-49-47-23-11-13-32-57(47)64-60(49)55)54-30-16-29-53-58(54)50-24-10-12-28-52(50)61(53,43-19-6-2-7-20-43)44-21-8-3-9-22-44/h1-39H. The Hall–Kier alpha value is -7.98. The number of para-hydroxylation sites is 1. The number of anilines is 3. The van der Waals surface area contributed by atoms with E-state index in [1.165, 1.54) is 53.6 Å². The molecule has 2 aromatic heterocycles. The largest absolute Gasteiger partial charge is 0.455 e. The van der Waals surface area contributed by atoms with Crippen LogP contribution in [-0.2, 0) is 5.41 Å². The van der Waals surface area contributed by atoms with Crippen molar-refractivity contribution >= 4 is 70.5 Å². The van der Waals surface area contributed by atoms with Crippen LogP contribution in [0, 0.1) is 0 Å². The number of benzene rings is 10. The SMILES string of the molecule is c1ccc(-c2cccc3c2oc2ccc(-c4ccc(N(c5cccc6c5-c5ccccc5C6(c5ccccc5)c5ccccc5)c5cccc6c5sc5ccccc56)cc4)cc23)cc1. The lowest BCUT2D eigenvalue weighted by molar-refractivity contribution is 0.670. The number of hydrogen-bond acceptors (Lipinski definition) is 3. The molecule has 0 atom stereocenters. The number of fused-ring (bicyclic) bond motifs is 9. The summed E-state index contributed by atoms with van der Waals surface area (Å²) >= 11 is 1.87. The third kappa shape index (κ3) is 5.44. The van der Waals surface area contributed by atoms with Crippen molar-refractivity contribution < 1.29 is 4.42 Å². The second kappa shape index (κ2) is 14.6. The van der Waals surface area contributed by atoms with Gasteiger partial charge in [-0.25, -0.2) is 0 Å². The van der Waals surface area contributed by atoms with E-state index < -0.39 is 5.41 Å². The first-order valence-electron chi connectivity index (χ1n) is 21.9. The highest BCUT2D eigenvalue weighted by Gasteiger charge is 2.47. The zero-order chi connectivity index (χ0) is 42.2. The second-order valence-corrected chi connectivity index (χ2v) is 17.8. The van der Waals surface area contributed by atoms with E-state index >= 15 is 0 Å². The normalized spacial score (nSPS) is 12.8. The third-order valence-electron chi connectivity index (χ3n) is 13.4. The Morgan fingerprint density at radius 1 is 0.391 bits per heavy atom. The Morgan fingerprint density at radius 3 is 1.78 bits per heavy atom. The topological polar surface area (TPSA) is 16.4 Å². The minimum atomic E-state index is -0.513. The Balaban J connectivity index is 1.02. The van der Waals surface area contributed by atoms with Crippen LogP contribution in [-0.4, -0.2) is 0 Å². The van der Waals surface area contributed by atoms with Crippen molar-refractivity contribution in [1.29, 1.82) is 0 Å². The maximum atomic E-state index is 6.56. The fraction of sp³-hybridized carbons (Fsp3) is 0.0164. The van der Waals surface area contributed by atoms with Crippen LogP contribution < -0.4 is 4.90 Å². The molecule has 10 aromatic carbocycles. The van der Waals surface area contributed by atoms with Gasteiger partial charge >= 0.3 is 0 Å². The summed E-state index contributed by atoms with van der Waals surface area (Å²) in [4.78, 5) is 2.51. The second-order valence-electron chi connectivity index (χ2n) is 16.7. The molecular formula is C61H39NOS. The highest BCUT2D eigenvalue weighted by molar-refractivity contribution is 7.26. The molecule has 1 aliphatic rings. The summed E-state index contributed by atoms with van der Waals surface area (Å²) in [6.07, 6.45) is 0. The summed E-state index contributed by atoms with van der Waals surface area (Å²) < 4.78 is 9.11. The van der Waals surface area contributed by atoms with E-state index in [1.807, 2.05) is 11.3 Å². The zero-order valence-electron chi connectivity index (χ0n) is 34.8. The number of nitrogens with zero attached hydrogens (tertiary/aromatic N) is 1. The molecule has 0 fully saturated rings. The van der Waals surface area contributed by atoms with Gasteiger partial charge in [-0.05, 0) is 87.0 Å². The van der Waals surface area contributed by atoms with Crippen molar-refractivity contribution in [2.75, 3.05) is 4.90 Å². The number of rotatable bonds is 7. The summed E-state index contributed by atoms with van der Waals surface area (Å²) in [5, 5.41) is 4.80. The lowest BCUT2D eigenvalue weighted by Gasteiger charge is -2.34. The van der Waals surface area contributed by atoms with Gasteiger partial charge in [0.05, 0.1) is 21.5 Å². The predicted octanol–water partition coefficient (Wildman–Crippen LogP) is 17.1. The molecule has 3 heteroatoms. The molecule has 0 radical (unpaired) electrons. The predicted molar refractivity (Wildman–Crippen MR) is 269 cm³/mol. The maximum Gasteiger partial charge on any atom is 0.143 e. The minimum absolute atomic E-state index is 0.513. The third-order valence-corrected chi connectivity index (χ3v) is 14.6. The van der Waals surface area contributed by atoms with Crippen molar-refractivity contribution in [3.8, 4) is 33.4 Å². The van der Waals surface area contributed by atoms with Gasteiger partial charge in [0.25, 0.3) is 0 Å². The lowest BCUT2D eigenvalue weighted by atomic mass is 9.68. The van der Waals surface area contributed by atoms with Gasteiger partial charge < -0.3 is 9.32 Å². The summed E-state index contributed by atoms with van der Waals surface area (Å²) in [5.74, 6) is 0. The number of furan rings is 1. The van der Waals surface area contributed by atoms with E-state index in [1.54, 1.807) is 0 Å². The lowest BCUT2D eigenvalue weighted by Crippen LogP contribution is -2.28. The smallest absolute Gasteiger partial charge is 0.143 e. The molecule has 0 bridgehead atoms. The summed E-state index contributed by atoms with van der Waals surface area (Å²) in [5.41, 5.74) is 16.8. The molecule has 0 N–H and O–H groups in total. The molecule has 0 saturated carbocycles. The number of thiophene rings is 1. The molecule has 2 heterocycles. The van der Waals surface area contributed by atoms with Crippen LogP contribution >= 0.6 is 11.3 Å². The molecule has 0 amide bonds. The van der Waals surface area contributed by atoms with Gasteiger partial charge in [0.15, 0.2) is 0 Å². The van der Waals surface area contributed by atoms with Gasteiger partial charge in [-0.15, -0.1) is 11.3 Å². The van der Waals surface area contributed by atoms with Crippen molar-refractivity contribution in [2.45, 2.75) is 5.41 Å². The van der Waals surface area contributed by atoms with Crippen LogP contribution in [0.3, 0.4) is 0 Å². The van der Waals surface area contributed by atoms with Crippen LogP contribution in [0.15, 0.2) is 241 Å². The fourth-order valence-electron chi connectivity index (χ4n) is 10.6. The first-order valence-corrected chi connectivity index (χ1v) is 22.7. The first-order chi connectivity index (χ1) is 31.8. The van der Waals surface area contributed by atoms with Gasteiger partial charge in [0.1, 0.15) is 11.2 Å². The average molecular weight is 834 g/mol. The van der Waals surface area contributed by atoms with Crippen LogP contribution in [0.1, 0.15) is 22.3 Å². The molecule has 300 valence electrons. The van der Waals surface area contributed by atoms with E-state index in [4.69, 9.17) is 4.42 Å². The molecule has 0 unspecified atom stereocenters. The minimum Gasteiger partial charge on any atom is -0.455 e. The average Bonchev–Trinajstić information content (AvgIpc) is 4.04. The van der Waals surface area contributed by atoms with Gasteiger partial charge in [-0.2, -0.15) is 0 Å². The van der Waals surface area contributed by atoms with Crippen molar-refractivity contribution in [3.63, 3.8) is 0 Å². The van der Waals surface area contributed by atoms with E-state index in [0.717, 1.165) is 61.3 Å². The molecule has 1 aliphatic carbocycles. The Labute approximate surface area is 375 Å².